The Morgan fingerprint density at radius 1 is 1.08 bits per heavy atom. The molecule has 1 saturated carbocycles. The van der Waals surface area contributed by atoms with Gasteiger partial charge in [0.2, 0.25) is 0 Å². The first kappa shape index (κ1) is 18.0. The number of piperidine rings is 1. The molecule has 1 amide bonds. The van der Waals surface area contributed by atoms with Gasteiger partial charge < -0.3 is 9.64 Å². The van der Waals surface area contributed by atoms with Crippen molar-refractivity contribution in [1.82, 2.24) is 9.80 Å². The summed E-state index contributed by atoms with van der Waals surface area (Å²) in [7, 11) is 2.27. The number of carbonyl (C=O) groups is 1. The first-order valence-electron chi connectivity index (χ1n) is 10.2. The van der Waals surface area contributed by atoms with E-state index in [9.17, 15) is 4.79 Å². The van der Waals surface area contributed by atoms with E-state index in [2.05, 4.69) is 18.9 Å². The molecule has 4 heteroatoms. The van der Waals surface area contributed by atoms with Crippen molar-refractivity contribution in [2.75, 3.05) is 33.4 Å². The lowest BCUT2D eigenvalue weighted by Gasteiger charge is -2.45. The van der Waals surface area contributed by atoms with E-state index >= 15 is 0 Å². The van der Waals surface area contributed by atoms with E-state index in [0.29, 0.717) is 6.04 Å². The molecule has 0 unspecified atom stereocenters. The van der Waals surface area contributed by atoms with Crippen molar-refractivity contribution in [2.45, 2.75) is 57.0 Å². The second-order valence-corrected chi connectivity index (χ2v) is 8.67. The van der Waals surface area contributed by atoms with E-state index < -0.39 is 0 Å². The van der Waals surface area contributed by atoms with E-state index in [1.165, 1.54) is 31.2 Å². The Morgan fingerprint density at radius 2 is 1.77 bits per heavy atom. The summed E-state index contributed by atoms with van der Waals surface area (Å²) in [6.07, 6.45) is 7.35. The van der Waals surface area contributed by atoms with E-state index in [4.69, 9.17) is 4.74 Å². The normalized spacial score (nSPS) is 25.8. The van der Waals surface area contributed by atoms with Crippen molar-refractivity contribution in [3.05, 3.63) is 35.4 Å². The molecule has 0 bridgehead atoms. The first-order chi connectivity index (χ1) is 12.6. The fourth-order valence-corrected chi connectivity index (χ4v) is 4.65. The van der Waals surface area contributed by atoms with Gasteiger partial charge in [0.05, 0.1) is 6.61 Å². The predicted octanol–water partition coefficient (Wildman–Crippen LogP) is 3.49. The van der Waals surface area contributed by atoms with Crippen LogP contribution in [0.2, 0.25) is 0 Å². The SMILES string of the molecule is Cc1ccc(C(=O)N2CCC3(CC[C@@H](COCC4CC4)N3C)CC2)cc1. The highest BCUT2D eigenvalue weighted by Crippen LogP contribution is 2.41. The van der Waals surface area contributed by atoms with Crippen molar-refractivity contribution < 1.29 is 9.53 Å². The van der Waals surface area contributed by atoms with E-state index in [-0.39, 0.29) is 11.4 Å². The summed E-state index contributed by atoms with van der Waals surface area (Å²) in [5, 5.41) is 0. The van der Waals surface area contributed by atoms with Crippen molar-refractivity contribution in [3.8, 4) is 0 Å². The van der Waals surface area contributed by atoms with Gasteiger partial charge in [-0.3, -0.25) is 9.69 Å². The fourth-order valence-electron chi connectivity index (χ4n) is 4.65. The monoisotopic (exact) mass is 356 g/mol. The average Bonchev–Trinajstić information content (AvgIpc) is 3.44. The molecule has 0 aromatic heterocycles. The summed E-state index contributed by atoms with van der Waals surface area (Å²) in [6, 6.07) is 8.51. The summed E-state index contributed by atoms with van der Waals surface area (Å²) < 4.78 is 5.97. The van der Waals surface area contributed by atoms with E-state index in [1.54, 1.807) is 0 Å². The quantitative estimate of drug-likeness (QED) is 0.810. The van der Waals surface area contributed by atoms with Gasteiger partial charge in [-0.05, 0) is 70.5 Å². The van der Waals surface area contributed by atoms with Crippen LogP contribution in [0.3, 0.4) is 0 Å². The number of ether oxygens (including phenoxy) is 1. The molecule has 1 aromatic rings. The van der Waals surface area contributed by atoms with Crippen LogP contribution in [0.25, 0.3) is 0 Å². The molecule has 2 heterocycles. The van der Waals surface area contributed by atoms with Crippen LogP contribution < -0.4 is 0 Å². The third kappa shape index (κ3) is 3.67. The maximum absolute atomic E-state index is 12.8. The van der Waals surface area contributed by atoms with Crippen LogP contribution in [0.5, 0.6) is 0 Å². The minimum Gasteiger partial charge on any atom is -0.380 e. The van der Waals surface area contributed by atoms with Crippen molar-refractivity contribution in [3.63, 3.8) is 0 Å². The van der Waals surface area contributed by atoms with E-state index in [0.717, 1.165) is 50.6 Å². The molecule has 4 nitrogen and oxygen atoms in total. The molecule has 3 fully saturated rings. The summed E-state index contributed by atoms with van der Waals surface area (Å²) in [5.41, 5.74) is 2.29. The van der Waals surface area contributed by atoms with Gasteiger partial charge in [0.25, 0.3) is 5.91 Å². The number of hydrogen-bond donors (Lipinski definition) is 0. The zero-order valence-electron chi connectivity index (χ0n) is 16.2. The number of rotatable bonds is 5. The number of benzene rings is 1. The second-order valence-electron chi connectivity index (χ2n) is 8.67. The zero-order valence-corrected chi connectivity index (χ0v) is 16.2. The molecule has 142 valence electrons. The molecule has 3 aliphatic rings. The Kier molecular flexibility index (Phi) is 5.07. The molecule has 26 heavy (non-hydrogen) atoms. The predicted molar refractivity (Wildman–Crippen MR) is 103 cm³/mol. The van der Waals surface area contributed by atoms with Crippen LogP contribution in [0.15, 0.2) is 24.3 Å². The summed E-state index contributed by atoms with van der Waals surface area (Å²) >= 11 is 0. The summed E-state index contributed by atoms with van der Waals surface area (Å²) in [6.45, 7) is 5.62. The number of hydrogen-bond acceptors (Lipinski definition) is 3. The van der Waals surface area contributed by atoms with Gasteiger partial charge in [-0.15, -0.1) is 0 Å². The van der Waals surface area contributed by atoms with Gasteiger partial charge >= 0.3 is 0 Å². The van der Waals surface area contributed by atoms with Gasteiger partial charge in [0.15, 0.2) is 0 Å². The number of likely N-dealkylation sites (N-methyl/N-ethyl adjacent to an activating group) is 1. The minimum absolute atomic E-state index is 0.185. The van der Waals surface area contributed by atoms with Crippen LogP contribution in [-0.2, 0) is 4.74 Å². The maximum atomic E-state index is 12.8. The summed E-state index contributed by atoms with van der Waals surface area (Å²) in [4.78, 5) is 17.4. The Hall–Kier alpha value is -1.39. The van der Waals surface area contributed by atoms with Gasteiger partial charge in [0.1, 0.15) is 0 Å². The first-order valence-corrected chi connectivity index (χ1v) is 10.2. The lowest BCUT2D eigenvalue weighted by Crippen LogP contribution is -2.54. The zero-order chi connectivity index (χ0) is 18.1. The topological polar surface area (TPSA) is 32.8 Å². The fraction of sp³-hybridized carbons (Fsp3) is 0.682. The maximum Gasteiger partial charge on any atom is 0.253 e. The van der Waals surface area contributed by atoms with Crippen LogP contribution >= 0.6 is 0 Å². The molecule has 4 rings (SSSR count). The number of nitrogens with zero attached hydrogens (tertiary/aromatic N) is 2. The Balaban J connectivity index is 1.30. The van der Waals surface area contributed by atoms with Crippen LogP contribution in [-0.4, -0.2) is 60.6 Å². The van der Waals surface area contributed by atoms with Gasteiger partial charge in [-0.2, -0.15) is 0 Å². The van der Waals surface area contributed by atoms with Crippen molar-refractivity contribution >= 4 is 5.91 Å². The minimum atomic E-state index is 0.185. The highest BCUT2D eigenvalue weighted by Gasteiger charge is 2.46. The van der Waals surface area contributed by atoms with Gasteiger partial charge in [-0.25, -0.2) is 0 Å². The van der Waals surface area contributed by atoms with Crippen LogP contribution in [0.1, 0.15) is 54.4 Å². The molecule has 1 atom stereocenters. The van der Waals surface area contributed by atoms with Gasteiger partial charge in [0, 0.05) is 36.8 Å². The highest BCUT2D eigenvalue weighted by molar-refractivity contribution is 5.94. The lowest BCUT2D eigenvalue weighted by molar-refractivity contribution is 0.0172. The third-order valence-electron chi connectivity index (χ3n) is 6.88. The molecule has 2 aliphatic heterocycles. The largest absolute Gasteiger partial charge is 0.380 e. The Morgan fingerprint density at radius 3 is 2.42 bits per heavy atom. The number of aryl methyl sites for hydroxylation is 1. The molecule has 1 spiro atoms. The van der Waals surface area contributed by atoms with E-state index in [1.807, 2.05) is 29.2 Å². The molecule has 0 N–H and O–H groups in total. The Bertz CT molecular complexity index is 630. The van der Waals surface area contributed by atoms with Crippen molar-refractivity contribution in [1.29, 1.82) is 0 Å². The van der Waals surface area contributed by atoms with Crippen LogP contribution in [0, 0.1) is 12.8 Å². The highest BCUT2D eigenvalue weighted by atomic mass is 16.5. The smallest absolute Gasteiger partial charge is 0.253 e. The number of likely N-dealkylation sites (tertiary alicyclic amines) is 2. The number of carbonyl (C=O) groups excluding carboxylic acids is 1. The molecule has 2 saturated heterocycles. The molecular weight excluding hydrogens is 324 g/mol. The number of amides is 1. The second kappa shape index (κ2) is 7.32. The summed E-state index contributed by atoms with van der Waals surface area (Å²) in [5.74, 6) is 1.02. The molecule has 1 aliphatic carbocycles. The average molecular weight is 357 g/mol. The standard InChI is InChI=1S/C22H32N2O2/c1-17-3-7-19(8-4-17)21(25)24-13-11-22(12-14-24)10-9-20(23(22)2)16-26-15-18-5-6-18/h3-4,7-8,18,20H,5-6,9-16H2,1-2H3/t20-/m0/s1. The lowest BCUT2D eigenvalue weighted by atomic mass is 9.85. The van der Waals surface area contributed by atoms with Crippen molar-refractivity contribution in [2.24, 2.45) is 5.92 Å². The molecular formula is C22H32N2O2. The van der Waals surface area contributed by atoms with Crippen LogP contribution in [0.4, 0.5) is 0 Å². The Labute approximate surface area is 157 Å². The molecule has 1 aromatic carbocycles. The molecule has 0 radical (unpaired) electrons. The third-order valence-corrected chi connectivity index (χ3v) is 6.88. The van der Waals surface area contributed by atoms with Gasteiger partial charge in [-0.1, -0.05) is 17.7 Å².